The van der Waals surface area contributed by atoms with Gasteiger partial charge >= 0.3 is 0 Å². The third-order valence-electron chi connectivity index (χ3n) is 3.85. The van der Waals surface area contributed by atoms with Crippen molar-refractivity contribution >= 4 is 21.8 Å². The lowest BCUT2D eigenvalue weighted by Gasteiger charge is -2.21. The summed E-state index contributed by atoms with van der Waals surface area (Å²) in [4.78, 5) is 14.1. The van der Waals surface area contributed by atoms with E-state index in [0.29, 0.717) is 0 Å². The highest BCUT2D eigenvalue weighted by Gasteiger charge is 2.29. The zero-order valence-corrected chi connectivity index (χ0v) is 12.9. The normalized spacial score (nSPS) is 22.5. The Balaban J connectivity index is 1.82. The Labute approximate surface area is 123 Å². The molecule has 2 rings (SSSR count). The number of carbonyl (C=O) groups is 1. The largest absolute Gasteiger partial charge is 0.345 e. The summed E-state index contributed by atoms with van der Waals surface area (Å²) in [5.41, 5.74) is 7.12. The SMILES string of the molecule is CN(CCc1ccc(Br)cc1)C(=O)C1CCC(N)C1. The predicted octanol–water partition coefficient (Wildman–Crippen LogP) is 2.58. The van der Waals surface area contributed by atoms with Gasteiger partial charge in [-0.1, -0.05) is 28.1 Å². The van der Waals surface area contributed by atoms with Gasteiger partial charge in [0.2, 0.25) is 5.91 Å². The van der Waals surface area contributed by atoms with E-state index >= 15 is 0 Å². The van der Waals surface area contributed by atoms with E-state index in [1.54, 1.807) is 0 Å². The van der Waals surface area contributed by atoms with E-state index in [0.717, 1.165) is 36.7 Å². The van der Waals surface area contributed by atoms with Gasteiger partial charge in [-0.25, -0.2) is 0 Å². The standard InChI is InChI=1S/C15H21BrN2O/c1-18(15(19)12-4-7-14(17)10-12)9-8-11-2-5-13(16)6-3-11/h2-3,5-6,12,14H,4,7-10,17H2,1H3. The first kappa shape index (κ1) is 14.5. The van der Waals surface area contributed by atoms with Gasteiger partial charge in [0.1, 0.15) is 0 Å². The van der Waals surface area contributed by atoms with Crippen molar-refractivity contribution in [3.63, 3.8) is 0 Å². The first-order chi connectivity index (χ1) is 9.06. The van der Waals surface area contributed by atoms with Crippen LogP contribution in [0.15, 0.2) is 28.7 Å². The van der Waals surface area contributed by atoms with Crippen LogP contribution in [0.1, 0.15) is 24.8 Å². The number of halogens is 1. The fourth-order valence-corrected chi connectivity index (χ4v) is 2.87. The van der Waals surface area contributed by atoms with Gasteiger partial charge in [0, 0.05) is 30.0 Å². The third-order valence-corrected chi connectivity index (χ3v) is 4.38. The van der Waals surface area contributed by atoms with Crippen LogP contribution in [0.25, 0.3) is 0 Å². The molecule has 2 unspecified atom stereocenters. The molecule has 0 spiro atoms. The molecule has 1 saturated carbocycles. The minimum atomic E-state index is 0.143. The highest BCUT2D eigenvalue weighted by molar-refractivity contribution is 9.10. The number of rotatable bonds is 4. The Hall–Kier alpha value is -0.870. The van der Waals surface area contributed by atoms with E-state index in [1.165, 1.54) is 5.56 Å². The lowest BCUT2D eigenvalue weighted by molar-refractivity contribution is -0.134. The summed E-state index contributed by atoms with van der Waals surface area (Å²) < 4.78 is 1.08. The maximum Gasteiger partial charge on any atom is 0.225 e. The van der Waals surface area contributed by atoms with Crippen LogP contribution in [0, 0.1) is 5.92 Å². The van der Waals surface area contributed by atoms with E-state index < -0.39 is 0 Å². The Morgan fingerprint density at radius 3 is 2.63 bits per heavy atom. The number of likely N-dealkylation sites (N-methyl/N-ethyl adjacent to an activating group) is 1. The molecule has 4 heteroatoms. The Bertz CT molecular complexity index is 432. The highest BCUT2D eigenvalue weighted by Crippen LogP contribution is 2.25. The van der Waals surface area contributed by atoms with E-state index in [-0.39, 0.29) is 17.9 Å². The first-order valence-electron chi connectivity index (χ1n) is 6.81. The van der Waals surface area contributed by atoms with Crippen molar-refractivity contribution in [2.45, 2.75) is 31.7 Å². The molecule has 2 atom stereocenters. The molecule has 0 bridgehead atoms. The average Bonchev–Trinajstić information content (AvgIpc) is 2.83. The molecule has 2 N–H and O–H groups in total. The molecule has 1 aliphatic rings. The number of hydrogen-bond acceptors (Lipinski definition) is 2. The zero-order chi connectivity index (χ0) is 13.8. The number of nitrogens with two attached hydrogens (primary N) is 1. The summed E-state index contributed by atoms with van der Waals surface area (Å²) in [7, 11) is 1.89. The van der Waals surface area contributed by atoms with Crippen LogP contribution in [0.5, 0.6) is 0 Å². The van der Waals surface area contributed by atoms with Crippen molar-refractivity contribution in [2.75, 3.05) is 13.6 Å². The van der Waals surface area contributed by atoms with Gasteiger partial charge in [-0.2, -0.15) is 0 Å². The number of benzene rings is 1. The fraction of sp³-hybridized carbons (Fsp3) is 0.533. The molecular formula is C15H21BrN2O. The van der Waals surface area contributed by atoms with Gasteiger partial charge in [-0.3, -0.25) is 4.79 Å². The van der Waals surface area contributed by atoms with E-state index in [4.69, 9.17) is 5.73 Å². The third kappa shape index (κ3) is 4.05. The fourth-order valence-electron chi connectivity index (χ4n) is 2.61. The number of hydrogen-bond donors (Lipinski definition) is 1. The van der Waals surface area contributed by atoms with Gasteiger partial charge < -0.3 is 10.6 Å². The minimum absolute atomic E-state index is 0.143. The predicted molar refractivity (Wildman–Crippen MR) is 80.8 cm³/mol. The molecule has 0 radical (unpaired) electrons. The topological polar surface area (TPSA) is 46.3 Å². The van der Waals surface area contributed by atoms with Gasteiger partial charge in [-0.05, 0) is 43.4 Å². The molecular weight excluding hydrogens is 304 g/mol. The van der Waals surface area contributed by atoms with E-state index in [1.807, 2.05) is 24.1 Å². The Morgan fingerprint density at radius 2 is 2.05 bits per heavy atom. The molecule has 0 aromatic heterocycles. The average molecular weight is 325 g/mol. The van der Waals surface area contributed by atoms with Gasteiger partial charge in [0.15, 0.2) is 0 Å². The van der Waals surface area contributed by atoms with Crippen LogP contribution >= 0.6 is 15.9 Å². The number of amides is 1. The maximum atomic E-state index is 12.2. The molecule has 1 aromatic rings. The second-order valence-electron chi connectivity index (χ2n) is 5.41. The summed E-state index contributed by atoms with van der Waals surface area (Å²) in [6.45, 7) is 0.770. The zero-order valence-electron chi connectivity index (χ0n) is 11.3. The molecule has 1 fully saturated rings. The molecule has 0 heterocycles. The van der Waals surface area contributed by atoms with Crippen molar-refractivity contribution in [1.29, 1.82) is 0 Å². The molecule has 1 aromatic carbocycles. The molecule has 1 aliphatic carbocycles. The van der Waals surface area contributed by atoms with Crippen molar-refractivity contribution in [3.8, 4) is 0 Å². The number of carbonyl (C=O) groups excluding carboxylic acids is 1. The molecule has 19 heavy (non-hydrogen) atoms. The quantitative estimate of drug-likeness (QED) is 0.925. The van der Waals surface area contributed by atoms with Gasteiger partial charge in [0.05, 0.1) is 0 Å². The van der Waals surface area contributed by atoms with E-state index in [2.05, 4.69) is 28.1 Å². The first-order valence-corrected chi connectivity index (χ1v) is 7.60. The Kier molecular flexibility index (Phi) is 4.99. The Morgan fingerprint density at radius 1 is 1.37 bits per heavy atom. The monoisotopic (exact) mass is 324 g/mol. The minimum Gasteiger partial charge on any atom is -0.345 e. The lowest BCUT2D eigenvalue weighted by Crippen LogP contribution is -2.34. The summed E-state index contributed by atoms with van der Waals surface area (Å²) in [5, 5.41) is 0. The molecule has 1 amide bonds. The van der Waals surface area contributed by atoms with Crippen LogP contribution in [-0.2, 0) is 11.2 Å². The van der Waals surface area contributed by atoms with Gasteiger partial charge in [0.25, 0.3) is 0 Å². The van der Waals surface area contributed by atoms with Crippen molar-refractivity contribution in [3.05, 3.63) is 34.3 Å². The molecule has 3 nitrogen and oxygen atoms in total. The highest BCUT2D eigenvalue weighted by atomic mass is 79.9. The lowest BCUT2D eigenvalue weighted by atomic mass is 10.1. The second-order valence-corrected chi connectivity index (χ2v) is 6.32. The maximum absolute atomic E-state index is 12.2. The van der Waals surface area contributed by atoms with Gasteiger partial charge in [-0.15, -0.1) is 0 Å². The number of nitrogens with zero attached hydrogens (tertiary/aromatic N) is 1. The van der Waals surface area contributed by atoms with Crippen LogP contribution < -0.4 is 5.73 Å². The summed E-state index contributed by atoms with van der Waals surface area (Å²) in [6.07, 6.45) is 3.68. The molecule has 104 valence electrons. The van der Waals surface area contributed by atoms with Crippen molar-refractivity contribution in [1.82, 2.24) is 4.90 Å². The van der Waals surface area contributed by atoms with Crippen LogP contribution in [0.2, 0.25) is 0 Å². The summed E-state index contributed by atoms with van der Waals surface area (Å²) in [6, 6.07) is 8.47. The van der Waals surface area contributed by atoms with Crippen LogP contribution in [0.4, 0.5) is 0 Å². The smallest absolute Gasteiger partial charge is 0.225 e. The van der Waals surface area contributed by atoms with Crippen LogP contribution in [-0.4, -0.2) is 30.4 Å². The van der Waals surface area contributed by atoms with E-state index in [9.17, 15) is 4.79 Å². The van der Waals surface area contributed by atoms with Crippen molar-refractivity contribution in [2.24, 2.45) is 11.7 Å². The van der Waals surface area contributed by atoms with Crippen LogP contribution in [0.3, 0.4) is 0 Å². The molecule has 0 saturated heterocycles. The summed E-state index contributed by atoms with van der Waals surface area (Å²) in [5.74, 6) is 0.398. The second kappa shape index (κ2) is 6.53. The molecule has 0 aliphatic heterocycles. The van der Waals surface area contributed by atoms with Crippen molar-refractivity contribution < 1.29 is 4.79 Å². The summed E-state index contributed by atoms with van der Waals surface area (Å²) >= 11 is 3.42.